The van der Waals surface area contributed by atoms with Crippen molar-refractivity contribution in [3.8, 4) is 5.75 Å². The van der Waals surface area contributed by atoms with E-state index in [2.05, 4.69) is 17.1 Å². The minimum absolute atomic E-state index is 0.0117. The third-order valence-corrected chi connectivity index (χ3v) is 7.05. The van der Waals surface area contributed by atoms with E-state index in [4.69, 9.17) is 4.74 Å². The molecule has 1 spiro atoms. The molecule has 174 valence electrons. The van der Waals surface area contributed by atoms with E-state index in [1.54, 1.807) is 12.0 Å². The Hall–Kier alpha value is -2.61. The number of amides is 4. The molecule has 4 amide bonds. The van der Waals surface area contributed by atoms with Crippen LogP contribution in [-0.2, 0) is 16.0 Å². The number of imide groups is 1. The van der Waals surface area contributed by atoms with Crippen LogP contribution in [0.4, 0.5) is 4.79 Å². The third-order valence-electron chi connectivity index (χ3n) is 7.05. The number of hydrogen-bond acceptors (Lipinski definition) is 5. The largest absolute Gasteiger partial charge is 0.497 e. The van der Waals surface area contributed by atoms with E-state index >= 15 is 0 Å². The highest BCUT2D eigenvalue weighted by Crippen LogP contribution is 2.32. The number of carbonyl (C=O) groups excluding carboxylic acids is 3. The topological polar surface area (TPSA) is 82.2 Å². The van der Waals surface area contributed by atoms with E-state index in [9.17, 15) is 14.4 Å². The van der Waals surface area contributed by atoms with Crippen LogP contribution in [0, 0.1) is 0 Å². The number of rotatable bonds is 6. The van der Waals surface area contributed by atoms with Crippen molar-refractivity contribution in [3.63, 3.8) is 0 Å². The number of piperidine rings is 2. The summed E-state index contributed by atoms with van der Waals surface area (Å²) in [5, 5.41) is 3.02. The summed E-state index contributed by atoms with van der Waals surface area (Å²) in [6.07, 6.45) is 4.18. The molecule has 1 N–H and O–H groups in total. The van der Waals surface area contributed by atoms with Gasteiger partial charge >= 0.3 is 6.03 Å². The van der Waals surface area contributed by atoms with Crippen LogP contribution < -0.4 is 10.1 Å². The van der Waals surface area contributed by atoms with Gasteiger partial charge in [0, 0.05) is 26.2 Å². The van der Waals surface area contributed by atoms with Crippen molar-refractivity contribution < 1.29 is 19.1 Å². The molecule has 0 unspecified atom stereocenters. The van der Waals surface area contributed by atoms with Crippen LogP contribution >= 0.6 is 0 Å². The molecule has 1 atom stereocenters. The second-order valence-electron chi connectivity index (χ2n) is 9.19. The third kappa shape index (κ3) is 4.46. The molecule has 32 heavy (non-hydrogen) atoms. The van der Waals surface area contributed by atoms with Crippen LogP contribution in [0.25, 0.3) is 0 Å². The Morgan fingerprint density at radius 3 is 2.72 bits per heavy atom. The van der Waals surface area contributed by atoms with Gasteiger partial charge in [-0.05, 0) is 56.3 Å². The van der Waals surface area contributed by atoms with E-state index in [1.165, 1.54) is 4.90 Å². The molecule has 8 nitrogen and oxygen atoms in total. The molecule has 3 saturated heterocycles. The first-order chi connectivity index (χ1) is 15.5. The Labute approximate surface area is 189 Å². The highest BCUT2D eigenvalue weighted by molar-refractivity contribution is 6.07. The number of urea groups is 1. The maximum atomic E-state index is 13.4. The number of nitrogens with one attached hydrogen (secondary N) is 1. The second kappa shape index (κ2) is 9.48. The Kier molecular flexibility index (Phi) is 6.69. The Balaban J connectivity index is 1.40. The quantitative estimate of drug-likeness (QED) is 0.682. The normalized spacial score (nSPS) is 23.5. The van der Waals surface area contributed by atoms with Crippen molar-refractivity contribution in [2.75, 3.05) is 39.8 Å². The second-order valence-corrected chi connectivity index (χ2v) is 9.19. The molecule has 0 aromatic heterocycles. The van der Waals surface area contributed by atoms with Crippen LogP contribution in [0.1, 0.15) is 44.6 Å². The van der Waals surface area contributed by atoms with Gasteiger partial charge in [0.2, 0.25) is 5.91 Å². The van der Waals surface area contributed by atoms with Crippen LogP contribution in [0.5, 0.6) is 5.75 Å². The van der Waals surface area contributed by atoms with Crippen molar-refractivity contribution in [2.24, 2.45) is 0 Å². The first-order valence-electron chi connectivity index (χ1n) is 11.7. The fourth-order valence-corrected chi connectivity index (χ4v) is 5.25. The molecule has 8 heteroatoms. The molecule has 0 aliphatic carbocycles. The summed E-state index contributed by atoms with van der Waals surface area (Å²) >= 11 is 0. The fraction of sp³-hybridized carbons (Fsp3) is 0.625. The van der Waals surface area contributed by atoms with Crippen molar-refractivity contribution in [1.82, 2.24) is 20.0 Å². The lowest BCUT2D eigenvalue weighted by molar-refractivity contribution is -0.138. The standard InChI is InChI=1S/C24H34N4O4/c1-3-11-26-13-9-24(10-14-26)22(30)28(23(31)25-24)19-7-5-12-27(17-19)21(29)16-18-6-4-8-20(15-18)32-2/h4,6,8,15,19H,3,5,7,9-14,16-17H2,1-2H3,(H,25,31)/t19-/m1/s1. The number of likely N-dealkylation sites (tertiary alicyclic amines) is 2. The van der Waals surface area contributed by atoms with Gasteiger partial charge in [0.25, 0.3) is 5.91 Å². The van der Waals surface area contributed by atoms with Gasteiger partial charge in [-0.3, -0.25) is 14.5 Å². The van der Waals surface area contributed by atoms with Gasteiger partial charge in [-0.15, -0.1) is 0 Å². The molecule has 0 bridgehead atoms. The summed E-state index contributed by atoms with van der Waals surface area (Å²) in [6, 6.07) is 6.94. The molecule has 4 rings (SSSR count). The zero-order valence-corrected chi connectivity index (χ0v) is 19.1. The molecule has 1 aromatic rings. The van der Waals surface area contributed by atoms with Crippen LogP contribution in [0.2, 0.25) is 0 Å². The average molecular weight is 443 g/mol. The summed E-state index contributed by atoms with van der Waals surface area (Å²) in [5.74, 6) is 0.629. The first kappa shape index (κ1) is 22.6. The molecular formula is C24H34N4O4. The minimum Gasteiger partial charge on any atom is -0.497 e. The van der Waals surface area contributed by atoms with Gasteiger partial charge in [0.1, 0.15) is 11.3 Å². The zero-order chi connectivity index (χ0) is 22.7. The fourth-order valence-electron chi connectivity index (χ4n) is 5.25. The zero-order valence-electron chi connectivity index (χ0n) is 19.1. The lowest BCUT2D eigenvalue weighted by atomic mass is 9.87. The van der Waals surface area contributed by atoms with Crippen LogP contribution in [0.3, 0.4) is 0 Å². The number of hydrogen-bond donors (Lipinski definition) is 1. The lowest BCUT2D eigenvalue weighted by Crippen LogP contribution is -2.56. The SMILES string of the molecule is CCCN1CCC2(CC1)NC(=O)N([C@@H]1CCCN(C(=O)Cc3cccc(OC)c3)C1)C2=O. The van der Waals surface area contributed by atoms with Crippen LogP contribution in [0.15, 0.2) is 24.3 Å². The summed E-state index contributed by atoms with van der Waals surface area (Å²) in [5.41, 5.74) is 0.123. The highest BCUT2D eigenvalue weighted by Gasteiger charge is 2.54. The number of nitrogens with zero attached hydrogens (tertiary/aromatic N) is 3. The number of carbonyl (C=O) groups is 3. The van der Waals surface area contributed by atoms with E-state index < -0.39 is 5.54 Å². The smallest absolute Gasteiger partial charge is 0.325 e. The monoisotopic (exact) mass is 442 g/mol. The molecule has 0 saturated carbocycles. The van der Waals surface area contributed by atoms with Gasteiger partial charge in [0.05, 0.1) is 19.6 Å². The maximum absolute atomic E-state index is 13.4. The summed E-state index contributed by atoms with van der Waals surface area (Å²) in [6.45, 7) is 5.88. The molecule has 1 aromatic carbocycles. The van der Waals surface area contributed by atoms with Gasteiger partial charge in [-0.25, -0.2) is 4.79 Å². The van der Waals surface area contributed by atoms with Gasteiger partial charge < -0.3 is 19.9 Å². The average Bonchev–Trinajstić information content (AvgIpc) is 3.04. The highest BCUT2D eigenvalue weighted by atomic mass is 16.5. The number of ether oxygens (including phenoxy) is 1. The number of benzene rings is 1. The van der Waals surface area contributed by atoms with Gasteiger partial charge in [-0.2, -0.15) is 0 Å². The Morgan fingerprint density at radius 1 is 1.22 bits per heavy atom. The van der Waals surface area contributed by atoms with Gasteiger partial charge in [-0.1, -0.05) is 19.1 Å². The Bertz CT molecular complexity index is 865. The predicted molar refractivity (Wildman–Crippen MR) is 120 cm³/mol. The van der Waals surface area contributed by atoms with Crippen molar-refractivity contribution in [3.05, 3.63) is 29.8 Å². The Morgan fingerprint density at radius 2 is 2.00 bits per heavy atom. The van der Waals surface area contributed by atoms with E-state index in [0.29, 0.717) is 25.9 Å². The molecule has 3 fully saturated rings. The predicted octanol–water partition coefficient (Wildman–Crippen LogP) is 2.03. The molecular weight excluding hydrogens is 408 g/mol. The van der Waals surface area contributed by atoms with Crippen molar-refractivity contribution >= 4 is 17.8 Å². The summed E-state index contributed by atoms with van der Waals surface area (Å²) in [7, 11) is 1.61. The van der Waals surface area contributed by atoms with E-state index in [-0.39, 0.29) is 30.3 Å². The first-order valence-corrected chi connectivity index (χ1v) is 11.7. The molecule has 3 aliphatic heterocycles. The lowest BCUT2D eigenvalue weighted by Gasteiger charge is -2.39. The van der Waals surface area contributed by atoms with Crippen molar-refractivity contribution in [2.45, 2.75) is 57.0 Å². The van der Waals surface area contributed by atoms with E-state index in [0.717, 1.165) is 50.2 Å². The van der Waals surface area contributed by atoms with E-state index in [1.807, 2.05) is 24.3 Å². The minimum atomic E-state index is -0.770. The van der Waals surface area contributed by atoms with Gasteiger partial charge in [0.15, 0.2) is 0 Å². The summed E-state index contributed by atoms with van der Waals surface area (Å²) in [4.78, 5) is 44.8. The molecule has 0 radical (unpaired) electrons. The maximum Gasteiger partial charge on any atom is 0.325 e. The van der Waals surface area contributed by atoms with Crippen LogP contribution in [-0.4, -0.2) is 84.0 Å². The molecule has 3 heterocycles. The summed E-state index contributed by atoms with van der Waals surface area (Å²) < 4.78 is 5.25. The number of methoxy groups -OCH3 is 1. The molecule has 3 aliphatic rings. The van der Waals surface area contributed by atoms with Crippen molar-refractivity contribution in [1.29, 1.82) is 0 Å².